The molecule has 0 bridgehead atoms. The normalized spacial score (nSPS) is 11.6. The molecule has 0 spiro atoms. The second-order valence-electron chi connectivity index (χ2n) is 11.3. The van der Waals surface area contributed by atoms with E-state index in [1.165, 1.54) is 10.8 Å². The molecule has 0 unspecified atom stereocenters. The number of rotatable bonds is 4. The first-order valence-electron chi connectivity index (χ1n) is 15.0. The molecular weight excluding hydrogens is 550 g/mol. The fourth-order valence-electron chi connectivity index (χ4n) is 6.32. The minimum atomic E-state index is 0.603. The van der Waals surface area contributed by atoms with Crippen LogP contribution >= 0.6 is 0 Å². The molecule has 210 valence electrons. The van der Waals surface area contributed by atoms with E-state index in [0.717, 1.165) is 60.5 Å². The molecule has 0 aliphatic heterocycles. The van der Waals surface area contributed by atoms with Crippen molar-refractivity contribution in [1.29, 1.82) is 0 Å². The number of benzene rings is 7. The van der Waals surface area contributed by atoms with E-state index < -0.39 is 0 Å². The molecule has 2 aromatic heterocycles. The number of aromatic nitrogens is 3. The van der Waals surface area contributed by atoms with E-state index in [0.29, 0.717) is 17.5 Å². The Morgan fingerprint density at radius 2 is 1.02 bits per heavy atom. The standard InChI is InChI=1S/C41H25N3O/c1-2-13-28(14-3-1)39-42-40(33-19-10-16-27-12-6-7-17-32(27)33)44-41(43-39)35-24-31(30-22-21-26-11-4-5-15-29(26)23-30)25-37-38(35)34-18-8-9-20-36(34)45-37/h1-25H. The maximum Gasteiger partial charge on any atom is 0.164 e. The van der Waals surface area contributed by atoms with Crippen LogP contribution < -0.4 is 0 Å². The Labute approximate surface area is 259 Å². The van der Waals surface area contributed by atoms with Gasteiger partial charge in [-0.1, -0.05) is 127 Å². The Morgan fingerprint density at radius 1 is 0.356 bits per heavy atom. The molecule has 0 saturated carbocycles. The van der Waals surface area contributed by atoms with E-state index in [4.69, 9.17) is 19.4 Å². The number of hydrogen-bond acceptors (Lipinski definition) is 4. The predicted octanol–water partition coefficient (Wildman–Crippen LogP) is 10.7. The summed E-state index contributed by atoms with van der Waals surface area (Å²) in [6, 6.07) is 52.2. The molecule has 0 saturated heterocycles. The maximum absolute atomic E-state index is 6.48. The summed E-state index contributed by atoms with van der Waals surface area (Å²) in [6.45, 7) is 0. The molecule has 45 heavy (non-hydrogen) atoms. The Bertz CT molecular complexity index is 2540. The van der Waals surface area contributed by atoms with Crippen LogP contribution in [0, 0.1) is 0 Å². The topological polar surface area (TPSA) is 51.8 Å². The van der Waals surface area contributed by atoms with Gasteiger partial charge in [0.05, 0.1) is 0 Å². The lowest BCUT2D eigenvalue weighted by atomic mass is 9.96. The van der Waals surface area contributed by atoms with Crippen molar-refractivity contribution < 1.29 is 4.42 Å². The van der Waals surface area contributed by atoms with Crippen molar-refractivity contribution in [1.82, 2.24) is 15.0 Å². The van der Waals surface area contributed by atoms with Gasteiger partial charge in [0.25, 0.3) is 0 Å². The van der Waals surface area contributed by atoms with Gasteiger partial charge < -0.3 is 4.42 Å². The summed E-state index contributed by atoms with van der Waals surface area (Å²) in [5.74, 6) is 1.86. The van der Waals surface area contributed by atoms with E-state index in [1.54, 1.807) is 0 Å². The van der Waals surface area contributed by atoms with E-state index in [2.05, 4.69) is 103 Å². The molecule has 2 heterocycles. The van der Waals surface area contributed by atoms with E-state index in [9.17, 15) is 0 Å². The molecule has 0 aliphatic rings. The SMILES string of the molecule is c1ccc(-c2nc(-c3cccc4ccccc34)nc(-c3cc(-c4ccc5ccccc5c4)cc4oc5ccccc5c34)n2)cc1. The second kappa shape index (κ2) is 10.2. The zero-order chi connectivity index (χ0) is 29.7. The van der Waals surface area contributed by atoms with Gasteiger partial charge in [-0.25, -0.2) is 15.0 Å². The molecule has 0 radical (unpaired) electrons. The van der Waals surface area contributed by atoms with Crippen molar-refractivity contribution in [2.24, 2.45) is 0 Å². The number of fused-ring (bicyclic) bond motifs is 5. The molecule has 0 aliphatic carbocycles. The van der Waals surface area contributed by atoms with Crippen LogP contribution in [0.3, 0.4) is 0 Å². The Kier molecular flexibility index (Phi) is 5.78. The van der Waals surface area contributed by atoms with Gasteiger partial charge in [0.2, 0.25) is 0 Å². The quantitative estimate of drug-likeness (QED) is 0.209. The van der Waals surface area contributed by atoms with Crippen LogP contribution in [0.15, 0.2) is 156 Å². The molecule has 0 atom stereocenters. The van der Waals surface area contributed by atoms with Crippen LogP contribution in [0.2, 0.25) is 0 Å². The number of furan rings is 1. The smallest absolute Gasteiger partial charge is 0.164 e. The van der Waals surface area contributed by atoms with Crippen molar-refractivity contribution >= 4 is 43.5 Å². The summed E-state index contributed by atoms with van der Waals surface area (Å²) in [5, 5.41) is 6.65. The van der Waals surface area contributed by atoms with E-state index in [-0.39, 0.29) is 0 Å². The minimum absolute atomic E-state index is 0.603. The number of para-hydroxylation sites is 1. The summed E-state index contributed by atoms with van der Waals surface area (Å²) in [5.41, 5.74) is 6.57. The van der Waals surface area contributed by atoms with Gasteiger partial charge in [-0.05, 0) is 56.9 Å². The van der Waals surface area contributed by atoms with Crippen molar-refractivity contribution in [3.8, 4) is 45.3 Å². The zero-order valence-corrected chi connectivity index (χ0v) is 24.2. The highest BCUT2D eigenvalue weighted by Crippen LogP contribution is 2.40. The lowest BCUT2D eigenvalue weighted by Crippen LogP contribution is -2.01. The zero-order valence-electron chi connectivity index (χ0n) is 24.2. The second-order valence-corrected chi connectivity index (χ2v) is 11.3. The van der Waals surface area contributed by atoms with Gasteiger partial charge in [-0.2, -0.15) is 0 Å². The van der Waals surface area contributed by atoms with Crippen molar-refractivity contribution in [2.45, 2.75) is 0 Å². The molecule has 9 rings (SSSR count). The fourth-order valence-corrected chi connectivity index (χ4v) is 6.32. The highest BCUT2D eigenvalue weighted by Gasteiger charge is 2.20. The summed E-state index contributed by atoms with van der Waals surface area (Å²) in [7, 11) is 0. The maximum atomic E-state index is 6.48. The van der Waals surface area contributed by atoms with Gasteiger partial charge in [0.15, 0.2) is 17.5 Å². The summed E-state index contributed by atoms with van der Waals surface area (Å²) in [4.78, 5) is 15.4. The first kappa shape index (κ1) is 25.4. The van der Waals surface area contributed by atoms with Crippen LogP contribution in [-0.4, -0.2) is 15.0 Å². The lowest BCUT2D eigenvalue weighted by Gasteiger charge is -2.12. The third-order valence-electron chi connectivity index (χ3n) is 8.50. The average Bonchev–Trinajstić information content (AvgIpc) is 3.49. The molecule has 0 fully saturated rings. The molecular formula is C41H25N3O. The number of nitrogens with zero attached hydrogens (tertiary/aromatic N) is 3. The highest BCUT2D eigenvalue weighted by molar-refractivity contribution is 6.13. The monoisotopic (exact) mass is 575 g/mol. The first-order valence-corrected chi connectivity index (χ1v) is 15.0. The van der Waals surface area contributed by atoms with Crippen LogP contribution in [0.25, 0.3) is 88.8 Å². The van der Waals surface area contributed by atoms with Crippen LogP contribution in [0.4, 0.5) is 0 Å². The average molecular weight is 576 g/mol. The Hall–Kier alpha value is -6.13. The molecule has 4 heteroatoms. The lowest BCUT2D eigenvalue weighted by molar-refractivity contribution is 0.669. The fraction of sp³-hybridized carbons (Fsp3) is 0. The van der Waals surface area contributed by atoms with Crippen LogP contribution in [-0.2, 0) is 0 Å². The highest BCUT2D eigenvalue weighted by atomic mass is 16.3. The first-order chi connectivity index (χ1) is 22.3. The van der Waals surface area contributed by atoms with E-state index >= 15 is 0 Å². The summed E-state index contributed by atoms with van der Waals surface area (Å²) >= 11 is 0. The van der Waals surface area contributed by atoms with Gasteiger partial charge in [-0.15, -0.1) is 0 Å². The van der Waals surface area contributed by atoms with Crippen molar-refractivity contribution in [2.75, 3.05) is 0 Å². The van der Waals surface area contributed by atoms with Crippen molar-refractivity contribution in [3.63, 3.8) is 0 Å². The van der Waals surface area contributed by atoms with Crippen LogP contribution in [0.1, 0.15) is 0 Å². The third-order valence-corrected chi connectivity index (χ3v) is 8.50. The summed E-state index contributed by atoms with van der Waals surface area (Å²) < 4.78 is 6.48. The van der Waals surface area contributed by atoms with Gasteiger partial charge in [0.1, 0.15) is 11.2 Å². The molecule has 7 aromatic carbocycles. The largest absolute Gasteiger partial charge is 0.456 e. The molecule has 0 N–H and O–H groups in total. The van der Waals surface area contributed by atoms with Gasteiger partial charge >= 0.3 is 0 Å². The van der Waals surface area contributed by atoms with Gasteiger partial charge in [0, 0.05) is 27.5 Å². The minimum Gasteiger partial charge on any atom is -0.456 e. The van der Waals surface area contributed by atoms with Crippen LogP contribution in [0.5, 0.6) is 0 Å². The van der Waals surface area contributed by atoms with E-state index in [1.807, 2.05) is 48.5 Å². The third kappa shape index (κ3) is 4.35. The van der Waals surface area contributed by atoms with Gasteiger partial charge in [-0.3, -0.25) is 0 Å². The van der Waals surface area contributed by atoms with Crippen molar-refractivity contribution in [3.05, 3.63) is 152 Å². The molecule has 4 nitrogen and oxygen atoms in total. The molecule has 0 amide bonds. The Morgan fingerprint density at radius 3 is 1.89 bits per heavy atom. The Balaban J connectivity index is 1.36. The molecule has 9 aromatic rings. The number of hydrogen-bond donors (Lipinski definition) is 0. The predicted molar refractivity (Wildman–Crippen MR) is 184 cm³/mol. The summed E-state index contributed by atoms with van der Waals surface area (Å²) in [6.07, 6.45) is 0.